The average Bonchev–Trinajstić information content (AvgIpc) is 2.54. The third-order valence-corrected chi connectivity index (χ3v) is 3.71. The number of pyridine rings is 1. The SMILES string of the molecule is NC(N)=NC(=O)c1cn(-c2cccc(Cl)c2)c(=O)c2ccccc12. The molecule has 6 nitrogen and oxygen atoms in total. The van der Waals surface area contributed by atoms with E-state index in [1.807, 2.05) is 0 Å². The van der Waals surface area contributed by atoms with Crippen LogP contribution in [0.5, 0.6) is 0 Å². The molecule has 0 unspecified atom stereocenters. The average molecular weight is 341 g/mol. The summed E-state index contributed by atoms with van der Waals surface area (Å²) in [6.07, 6.45) is 1.42. The van der Waals surface area contributed by atoms with E-state index in [4.69, 9.17) is 23.1 Å². The first-order valence-electron chi connectivity index (χ1n) is 7.01. The number of halogens is 1. The molecule has 0 radical (unpaired) electrons. The zero-order valence-electron chi connectivity index (χ0n) is 12.4. The van der Waals surface area contributed by atoms with Crippen molar-refractivity contribution in [1.82, 2.24) is 4.57 Å². The van der Waals surface area contributed by atoms with Crippen LogP contribution in [0.25, 0.3) is 16.5 Å². The molecule has 3 rings (SSSR count). The number of carbonyl (C=O) groups is 1. The number of amides is 1. The maximum absolute atomic E-state index is 12.8. The lowest BCUT2D eigenvalue weighted by Gasteiger charge is -2.11. The smallest absolute Gasteiger partial charge is 0.282 e. The van der Waals surface area contributed by atoms with Gasteiger partial charge >= 0.3 is 0 Å². The Bertz CT molecular complexity index is 1040. The number of rotatable bonds is 2. The van der Waals surface area contributed by atoms with Gasteiger partial charge in [-0.1, -0.05) is 35.9 Å². The zero-order valence-corrected chi connectivity index (χ0v) is 13.2. The molecule has 0 aliphatic carbocycles. The Morgan fingerprint density at radius 3 is 2.42 bits per heavy atom. The van der Waals surface area contributed by atoms with Gasteiger partial charge < -0.3 is 11.5 Å². The summed E-state index contributed by atoms with van der Waals surface area (Å²) in [7, 11) is 0. The summed E-state index contributed by atoms with van der Waals surface area (Å²) < 4.78 is 1.35. The van der Waals surface area contributed by atoms with E-state index in [2.05, 4.69) is 4.99 Å². The summed E-state index contributed by atoms with van der Waals surface area (Å²) in [6.45, 7) is 0. The monoisotopic (exact) mass is 340 g/mol. The molecule has 120 valence electrons. The highest BCUT2D eigenvalue weighted by molar-refractivity contribution is 6.30. The van der Waals surface area contributed by atoms with E-state index in [0.717, 1.165) is 0 Å². The molecule has 0 aliphatic heterocycles. The lowest BCUT2D eigenvalue weighted by atomic mass is 10.1. The van der Waals surface area contributed by atoms with Gasteiger partial charge in [0.25, 0.3) is 11.5 Å². The molecular formula is C17H13ClN4O2. The van der Waals surface area contributed by atoms with Crippen LogP contribution < -0.4 is 17.0 Å². The second-order valence-electron chi connectivity index (χ2n) is 5.09. The molecule has 0 spiro atoms. The van der Waals surface area contributed by atoms with Crippen molar-refractivity contribution >= 4 is 34.2 Å². The van der Waals surface area contributed by atoms with Gasteiger partial charge in [-0.25, -0.2) is 0 Å². The first-order valence-corrected chi connectivity index (χ1v) is 7.39. The first kappa shape index (κ1) is 15.8. The van der Waals surface area contributed by atoms with Crippen molar-refractivity contribution in [2.24, 2.45) is 16.5 Å². The van der Waals surface area contributed by atoms with Gasteiger partial charge in [-0.05, 0) is 24.3 Å². The second kappa shape index (κ2) is 6.17. The van der Waals surface area contributed by atoms with Crippen LogP contribution in [-0.2, 0) is 0 Å². The Labute approximate surface area is 142 Å². The van der Waals surface area contributed by atoms with Crippen LogP contribution >= 0.6 is 11.6 Å². The number of carbonyl (C=O) groups excluding carboxylic acids is 1. The lowest BCUT2D eigenvalue weighted by Crippen LogP contribution is -2.25. The quantitative estimate of drug-likeness (QED) is 0.550. The fraction of sp³-hybridized carbons (Fsp3) is 0. The first-order chi connectivity index (χ1) is 11.5. The van der Waals surface area contributed by atoms with Gasteiger partial charge in [0.1, 0.15) is 0 Å². The van der Waals surface area contributed by atoms with Crippen LogP contribution in [-0.4, -0.2) is 16.4 Å². The highest BCUT2D eigenvalue weighted by Crippen LogP contribution is 2.20. The number of fused-ring (bicyclic) bond motifs is 1. The molecule has 24 heavy (non-hydrogen) atoms. The summed E-state index contributed by atoms with van der Waals surface area (Å²) in [5, 5.41) is 1.34. The molecule has 0 bridgehead atoms. The van der Waals surface area contributed by atoms with Crippen LogP contribution in [0.15, 0.2) is 64.5 Å². The van der Waals surface area contributed by atoms with Gasteiger partial charge in [-0.2, -0.15) is 4.99 Å². The van der Waals surface area contributed by atoms with Crippen molar-refractivity contribution in [3.05, 3.63) is 75.7 Å². The Morgan fingerprint density at radius 1 is 1.04 bits per heavy atom. The maximum atomic E-state index is 12.8. The number of aromatic nitrogens is 1. The number of nitrogens with two attached hydrogens (primary N) is 2. The number of benzene rings is 2. The third kappa shape index (κ3) is 2.87. The maximum Gasteiger partial charge on any atom is 0.282 e. The topological polar surface area (TPSA) is 103 Å². The van der Waals surface area contributed by atoms with Gasteiger partial charge in [-0.3, -0.25) is 14.2 Å². The Morgan fingerprint density at radius 2 is 1.75 bits per heavy atom. The van der Waals surface area contributed by atoms with E-state index in [0.29, 0.717) is 21.5 Å². The van der Waals surface area contributed by atoms with E-state index in [9.17, 15) is 9.59 Å². The van der Waals surface area contributed by atoms with Crippen LogP contribution in [0.4, 0.5) is 0 Å². The number of guanidine groups is 1. The van der Waals surface area contributed by atoms with Gasteiger partial charge in [0.2, 0.25) is 0 Å². The molecule has 0 fully saturated rings. The molecule has 0 saturated carbocycles. The van der Waals surface area contributed by atoms with Crippen molar-refractivity contribution in [3.8, 4) is 5.69 Å². The molecule has 0 aliphatic rings. The van der Waals surface area contributed by atoms with Crippen LogP contribution in [0.3, 0.4) is 0 Å². The van der Waals surface area contributed by atoms with Crippen molar-refractivity contribution in [2.45, 2.75) is 0 Å². The largest absolute Gasteiger partial charge is 0.370 e. The fourth-order valence-corrected chi connectivity index (χ4v) is 2.64. The molecule has 1 amide bonds. The minimum atomic E-state index is -0.623. The van der Waals surface area contributed by atoms with Crippen molar-refractivity contribution in [1.29, 1.82) is 0 Å². The molecule has 0 atom stereocenters. The normalized spacial score (nSPS) is 10.5. The van der Waals surface area contributed by atoms with Gasteiger partial charge in [0, 0.05) is 22.0 Å². The molecule has 7 heteroatoms. The van der Waals surface area contributed by atoms with E-state index >= 15 is 0 Å². The minimum absolute atomic E-state index is 0.221. The molecular weight excluding hydrogens is 328 g/mol. The Hall–Kier alpha value is -3.12. The molecule has 0 saturated heterocycles. The lowest BCUT2D eigenvalue weighted by molar-refractivity contribution is 0.100. The highest BCUT2D eigenvalue weighted by atomic mass is 35.5. The van der Waals surface area contributed by atoms with E-state index in [1.54, 1.807) is 48.5 Å². The second-order valence-corrected chi connectivity index (χ2v) is 5.52. The molecule has 2 aromatic carbocycles. The van der Waals surface area contributed by atoms with Crippen molar-refractivity contribution in [3.63, 3.8) is 0 Å². The molecule has 1 heterocycles. The van der Waals surface area contributed by atoms with Crippen molar-refractivity contribution in [2.75, 3.05) is 0 Å². The number of hydrogen-bond donors (Lipinski definition) is 2. The third-order valence-electron chi connectivity index (χ3n) is 3.47. The predicted molar refractivity (Wildman–Crippen MR) is 94.7 cm³/mol. The van der Waals surface area contributed by atoms with Crippen LogP contribution in [0.2, 0.25) is 5.02 Å². The fourth-order valence-electron chi connectivity index (χ4n) is 2.46. The number of aliphatic imine (C=N–C) groups is 1. The number of hydrogen-bond acceptors (Lipinski definition) is 2. The highest BCUT2D eigenvalue weighted by Gasteiger charge is 2.15. The standard InChI is InChI=1S/C17H13ClN4O2/c18-10-4-3-5-11(8-10)22-9-14(15(23)21-17(19)20)12-6-1-2-7-13(12)16(22)24/h1-9H,(H4,19,20,21,23). The number of nitrogens with zero attached hydrogens (tertiary/aromatic N) is 2. The van der Waals surface area contributed by atoms with Gasteiger partial charge in [0.15, 0.2) is 5.96 Å². The zero-order chi connectivity index (χ0) is 17.3. The molecule has 4 N–H and O–H groups in total. The van der Waals surface area contributed by atoms with Crippen LogP contribution in [0, 0.1) is 0 Å². The Kier molecular flexibility index (Phi) is 4.05. The summed E-state index contributed by atoms with van der Waals surface area (Å²) in [6, 6.07) is 13.5. The van der Waals surface area contributed by atoms with Gasteiger partial charge in [-0.15, -0.1) is 0 Å². The summed E-state index contributed by atoms with van der Waals surface area (Å²) >= 11 is 6.00. The molecule has 3 aromatic rings. The van der Waals surface area contributed by atoms with Crippen LogP contribution in [0.1, 0.15) is 10.4 Å². The predicted octanol–water partition coefficient (Wildman–Crippen LogP) is 2.06. The van der Waals surface area contributed by atoms with Crippen molar-refractivity contribution < 1.29 is 4.79 Å². The van der Waals surface area contributed by atoms with E-state index < -0.39 is 5.91 Å². The summed E-state index contributed by atoms with van der Waals surface area (Å²) in [5.41, 5.74) is 11.1. The summed E-state index contributed by atoms with van der Waals surface area (Å²) in [5.74, 6) is -0.966. The van der Waals surface area contributed by atoms with E-state index in [-0.39, 0.29) is 17.1 Å². The van der Waals surface area contributed by atoms with E-state index in [1.165, 1.54) is 10.8 Å². The van der Waals surface area contributed by atoms with Gasteiger partial charge in [0.05, 0.1) is 11.3 Å². The Balaban J connectivity index is 2.36. The summed E-state index contributed by atoms with van der Waals surface area (Å²) in [4.78, 5) is 28.7. The minimum Gasteiger partial charge on any atom is -0.370 e. The molecule has 1 aromatic heterocycles.